The number of hydrogen-bond donors (Lipinski definition) is 0. The Kier molecular flexibility index (Phi) is 7.16. The quantitative estimate of drug-likeness (QED) is 0.315. The van der Waals surface area contributed by atoms with E-state index in [-0.39, 0.29) is 36.7 Å². The van der Waals surface area contributed by atoms with Crippen LogP contribution in [-0.4, -0.2) is 75.0 Å². The largest absolute Gasteiger partial charge is 0.493 e. The van der Waals surface area contributed by atoms with Gasteiger partial charge in [-0.15, -0.1) is 0 Å². The number of benzene rings is 2. The lowest BCUT2D eigenvalue weighted by atomic mass is 9.54. The molecule has 0 radical (unpaired) electrons. The molecule has 7 rings (SSSR count). The molecule has 2 heterocycles. The minimum Gasteiger partial charge on any atom is -0.493 e. The number of ether oxygens (including phenoxy) is 4. The molecule has 0 N–H and O–H groups in total. The van der Waals surface area contributed by atoms with E-state index < -0.39 is 35.5 Å². The second-order valence-corrected chi connectivity index (χ2v) is 11.2. The highest BCUT2D eigenvalue weighted by molar-refractivity contribution is 6.10. The lowest BCUT2D eigenvalue weighted by Crippen LogP contribution is -2.50. The van der Waals surface area contributed by atoms with Gasteiger partial charge in [0.05, 0.1) is 52.1 Å². The molecule has 3 aliphatic carbocycles. The molecule has 0 spiro atoms. The number of nitrogens with zero attached hydrogens (tertiary/aromatic N) is 2. The fraction of sp³-hybridized carbons (Fsp3) is 0.438. The van der Waals surface area contributed by atoms with Gasteiger partial charge in [0.15, 0.2) is 23.0 Å². The Morgan fingerprint density at radius 1 is 0.524 bits per heavy atom. The number of carbonyl (C=O) groups is 4. The second kappa shape index (κ2) is 10.8. The summed E-state index contributed by atoms with van der Waals surface area (Å²) in [6.45, 7) is 0.433. The van der Waals surface area contributed by atoms with Crippen molar-refractivity contribution in [2.45, 2.75) is 12.8 Å². The highest BCUT2D eigenvalue weighted by Gasteiger charge is 2.68. The summed E-state index contributed by atoms with van der Waals surface area (Å²) in [5.74, 6) is -2.13. The Morgan fingerprint density at radius 2 is 0.857 bits per heavy atom. The van der Waals surface area contributed by atoms with Gasteiger partial charge in [-0.05, 0) is 48.2 Å². The van der Waals surface area contributed by atoms with Gasteiger partial charge in [0.2, 0.25) is 23.6 Å². The molecule has 4 amide bonds. The molecular weight excluding hydrogens is 540 g/mol. The average Bonchev–Trinajstić information content (AvgIpc) is 3.44. The molecule has 0 unspecified atom stereocenters. The summed E-state index contributed by atoms with van der Waals surface area (Å²) in [6.07, 6.45) is 4.68. The van der Waals surface area contributed by atoms with Crippen LogP contribution in [0.3, 0.4) is 0 Å². The summed E-state index contributed by atoms with van der Waals surface area (Å²) in [5.41, 5.74) is 1.80. The first-order chi connectivity index (χ1) is 20.3. The fourth-order valence-electron chi connectivity index (χ4n) is 7.34. The average molecular weight is 575 g/mol. The Balaban J connectivity index is 1.17. The summed E-state index contributed by atoms with van der Waals surface area (Å²) >= 11 is 0. The molecule has 4 atom stereocenters. The van der Waals surface area contributed by atoms with Gasteiger partial charge in [-0.2, -0.15) is 0 Å². The number of imide groups is 2. The van der Waals surface area contributed by atoms with Crippen LogP contribution in [0.2, 0.25) is 0 Å². The van der Waals surface area contributed by atoms with Crippen molar-refractivity contribution in [2.24, 2.45) is 35.5 Å². The third-order valence-corrected chi connectivity index (χ3v) is 9.34. The van der Waals surface area contributed by atoms with Crippen LogP contribution in [0.25, 0.3) is 0 Å². The molecule has 10 nitrogen and oxygen atoms in total. The number of rotatable bonds is 10. The van der Waals surface area contributed by atoms with E-state index in [2.05, 4.69) is 0 Å². The van der Waals surface area contributed by atoms with Crippen molar-refractivity contribution < 1.29 is 38.1 Å². The van der Waals surface area contributed by atoms with E-state index in [9.17, 15) is 19.2 Å². The minimum absolute atomic E-state index is 0.217. The smallest absolute Gasteiger partial charge is 0.233 e. The van der Waals surface area contributed by atoms with E-state index in [1.807, 2.05) is 36.4 Å². The van der Waals surface area contributed by atoms with Gasteiger partial charge < -0.3 is 18.9 Å². The highest BCUT2D eigenvalue weighted by Crippen LogP contribution is 2.57. The molecule has 220 valence electrons. The number of methoxy groups -OCH3 is 4. The van der Waals surface area contributed by atoms with Crippen LogP contribution in [0, 0.1) is 35.5 Å². The molecule has 10 heteroatoms. The number of likely N-dealkylation sites (tertiary alicyclic amines) is 2. The van der Waals surface area contributed by atoms with E-state index >= 15 is 0 Å². The zero-order valence-corrected chi connectivity index (χ0v) is 24.1. The van der Waals surface area contributed by atoms with Crippen LogP contribution in [0.5, 0.6) is 23.0 Å². The first-order valence-electron chi connectivity index (χ1n) is 14.1. The molecule has 2 saturated heterocycles. The lowest BCUT2D eigenvalue weighted by Gasteiger charge is -2.44. The maximum absolute atomic E-state index is 13.7. The normalized spacial score (nSPS) is 27.4. The molecule has 3 fully saturated rings. The molecule has 42 heavy (non-hydrogen) atoms. The van der Waals surface area contributed by atoms with E-state index in [4.69, 9.17) is 18.9 Å². The van der Waals surface area contributed by atoms with Crippen molar-refractivity contribution >= 4 is 23.6 Å². The van der Waals surface area contributed by atoms with Gasteiger partial charge in [-0.1, -0.05) is 24.3 Å². The van der Waals surface area contributed by atoms with Crippen LogP contribution in [0.4, 0.5) is 0 Å². The molecule has 2 aromatic rings. The Labute approximate surface area is 244 Å². The molecule has 2 aromatic carbocycles. The molecule has 2 bridgehead atoms. The number of allylic oxidation sites excluding steroid dienone is 2. The van der Waals surface area contributed by atoms with Gasteiger partial charge in [0.1, 0.15) is 0 Å². The summed E-state index contributed by atoms with van der Waals surface area (Å²) in [4.78, 5) is 57.3. The number of amides is 4. The van der Waals surface area contributed by atoms with Crippen molar-refractivity contribution in [3.63, 3.8) is 0 Å². The topological polar surface area (TPSA) is 112 Å². The third-order valence-electron chi connectivity index (χ3n) is 9.34. The zero-order valence-electron chi connectivity index (χ0n) is 24.1. The third kappa shape index (κ3) is 4.23. The van der Waals surface area contributed by atoms with E-state index in [0.717, 1.165) is 11.1 Å². The summed E-state index contributed by atoms with van der Waals surface area (Å²) < 4.78 is 21.3. The van der Waals surface area contributed by atoms with Crippen molar-refractivity contribution in [1.29, 1.82) is 0 Å². The van der Waals surface area contributed by atoms with Crippen molar-refractivity contribution in [1.82, 2.24) is 9.80 Å². The van der Waals surface area contributed by atoms with Crippen molar-refractivity contribution in [3.8, 4) is 23.0 Å². The summed E-state index contributed by atoms with van der Waals surface area (Å²) in [7, 11) is 6.23. The monoisotopic (exact) mass is 574 g/mol. The van der Waals surface area contributed by atoms with Gasteiger partial charge in [-0.25, -0.2) is 0 Å². The van der Waals surface area contributed by atoms with Crippen molar-refractivity contribution in [2.75, 3.05) is 41.5 Å². The van der Waals surface area contributed by atoms with E-state index in [1.165, 1.54) is 9.80 Å². The standard InChI is InChI=1S/C32H34N2O8/c1-39-21-9-5-17(15-23(21)41-3)11-13-33-29(35)25-19-7-8-20(26(25)30(33)36)28-27(19)31(37)34(32(28)38)14-12-18-6-10-22(40-2)24(16-18)42-4/h5-10,15-16,19-20,25-28H,11-14H2,1-4H3/t19?,20?,25-,26-,27-,28-/m1/s1. The Hall–Kier alpha value is -4.34. The first-order valence-corrected chi connectivity index (χ1v) is 14.1. The second-order valence-electron chi connectivity index (χ2n) is 11.2. The Morgan fingerprint density at radius 3 is 1.17 bits per heavy atom. The number of carbonyl (C=O) groups excluding carboxylic acids is 4. The molecule has 0 aromatic heterocycles. The van der Waals surface area contributed by atoms with E-state index in [1.54, 1.807) is 40.6 Å². The van der Waals surface area contributed by atoms with Gasteiger partial charge in [0.25, 0.3) is 0 Å². The van der Waals surface area contributed by atoms with Crippen LogP contribution in [0.1, 0.15) is 11.1 Å². The maximum atomic E-state index is 13.7. The zero-order chi connectivity index (χ0) is 29.7. The van der Waals surface area contributed by atoms with Gasteiger partial charge in [0, 0.05) is 24.9 Å². The molecule has 2 aliphatic heterocycles. The highest BCUT2D eigenvalue weighted by atomic mass is 16.5. The maximum Gasteiger partial charge on any atom is 0.233 e. The van der Waals surface area contributed by atoms with Crippen LogP contribution >= 0.6 is 0 Å². The first kappa shape index (κ1) is 27.8. The van der Waals surface area contributed by atoms with Crippen LogP contribution in [-0.2, 0) is 32.0 Å². The van der Waals surface area contributed by atoms with Gasteiger partial charge in [-0.3, -0.25) is 29.0 Å². The predicted octanol–water partition coefficient (Wildman–Crippen LogP) is 2.52. The van der Waals surface area contributed by atoms with Gasteiger partial charge >= 0.3 is 0 Å². The molecule has 5 aliphatic rings. The minimum atomic E-state index is -0.623. The summed E-state index contributed by atoms with van der Waals surface area (Å²) in [5, 5.41) is 0. The van der Waals surface area contributed by atoms with E-state index in [0.29, 0.717) is 35.8 Å². The number of hydrogen-bond acceptors (Lipinski definition) is 8. The lowest BCUT2D eigenvalue weighted by molar-refractivity contribution is -0.140. The fourth-order valence-corrected chi connectivity index (χ4v) is 7.34. The Bertz CT molecular complexity index is 1330. The molecular formula is C32H34N2O8. The SMILES string of the molecule is COc1ccc(CCN2C(=O)[C@@H]3C4C=CC([C@H]3C2=O)[C@H]2C(=O)N(CCc3ccc(OC)c(OC)c3)C(=O)[C@H]42)cc1OC. The molecule has 1 saturated carbocycles. The van der Waals surface area contributed by atoms with Crippen LogP contribution < -0.4 is 18.9 Å². The predicted molar refractivity (Wildman–Crippen MR) is 150 cm³/mol. The van der Waals surface area contributed by atoms with Crippen molar-refractivity contribution in [3.05, 3.63) is 59.7 Å². The van der Waals surface area contributed by atoms with Crippen LogP contribution in [0.15, 0.2) is 48.6 Å². The summed E-state index contributed by atoms with van der Waals surface area (Å²) in [6, 6.07) is 11.0.